The maximum Gasteiger partial charge on any atom is 0.364 e. The molecular weight excluding hydrogens is 354 g/mol. The largest absolute Gasteiger partial charge is 0.461 e. The average molecular weight is 377 g/mol. The maximum atomic E-state index is 12.2. The molecule has 6 heteroatoms. The average Bonchev–Trinajstić information content (AvgIpc) is 2.68. The highest BCUT2D eigenvalue weighted by atomic mass is 16.5. The fraction of sp³-hybridized carbons (Fsp3) is 0.273. The van der Waals surface area contributed by atoms with Crippen LogP contribution in [-0.4, -0.2) is 27.8 Å². The van der Waals surface area contributed by atoms with E-state index in [2.05, 4.69) is 36.0 Å². The van der Waals surface area contributed by atoms with E-state index >= 15 is 0 Å². The van der Waals surface area contributed by atoms with Gasteiger partial charge in [0.25, 0.3) is 5.88 Å². The molecule has 0 saturated heterocycles. The Hall–Kier alpha value is -3.28. The van der Waals surface area contributed by atoms with E-state index in [0.29, 0.717) is 11.6 Å². The van der Waals surface area contributed by atoms with E-state index in [1.807, 2.05) is 54.6 Å². The zero-order chi connectivity index (χ0) is 20.1. The van der Waals surface area contributed by atoms with Crippen molar-refractivity contribution in [1.29, 1.82) is 0 Å². The molecule has 0 aliphatic heterocycles. The van der Waals surface area contributed by atoms with E-state index in [4.69, 9.17) is 9.47 Å². The summed E-state index contributed by atoms with van der Waals surface area (Å²) in [5.41, 5.74) is 1.93. The Balaban J connectivity index is 1.97. The van der Waals surface area contributed by atoms with Crippen molar-refractivity contribution in [1.82, 2.24) is 15.2 Å². The Bertz CT molecular complexity index is 949. The molecule has 0 spiro atoms. The van der Waals surface area contributed by atoms with Crippen LogP contribution in [-0.2, 0) is 10.2 Å². The van der Waals surface area contributed by atoms with Gasteiger partial charge in [0, 0.05) is 5.56 Å². The minimum Gasteiger partial charge on any atom is -0.461 e. The Labute approximate surface area is 164 Å². The van der Waals surface area contributed by atoms with Gasteiger partial charge < -0.3 is 9.47 Å². The lowest BCUT2D eigenvalue weighted by molar-refractivity contribution is 0.0514. The normalized spacial score (nSPS) is 11.1. The molecule has 0 radical (unpaired) electrons. The summed E-state index contributed by atoms with van der Waals surface area (Å²) in [5, 5.41) is 8.07. The molecule has 1 aromatic heterocycles. The molecule has 0 N–H and O–H groups in total. The highest BCUT2D eigenvalue weighted by Crippen LogP contribution is 2.28. The van der Waals surface area contributed by atoms with Crippen molar-refractivity contribution in [3.63, 3.8) is 0 Å². The zero-order valence-electron chi connectivity index (χ0n) is 16.5. The SMILES string of the molecule is CCOC(=O)c1nnc(-c2ccccc2)nc1Oc1ccc(C(C)(C)C)cc1. The monoisotopic (exact) mass is 377 g/mol. The van der Waals surface area contributed by atoms with E-state index in [9.17, 15) is 4.79 Å². The third-order valence-corrected chi connectivity index (χ3v) is 4.09. The van der Waals surface area contributed by atoms with Gasteiger partial charge >= 0.3 is 5.97 Å². The summed E-state index contributed by atoms with van der Waals surface area (Å²) in [6, 6.07) is 17.1. The maximum absolute atomic E-state index is 12.2. The first-order valence-electron chi connectivity index (χ1n) is 9.14. The number of esters is 1. The van der Waals surface area contributed by atoms with Crippen molar-refractivity contribution in [2.45, 2.75) is 33.1 Å². The summed E-state index contributed by atoms with van der Waals surface area (Å²) in [7, 11) is 0. The van der Waals surface area contributed by atoms with Crippen LogP contribution in [0.4, 0.5) is 0 Å². The summed E-state index contributed by atoms with van der Waals surface area (Å²) in [4.78, 5) is 16.7. The van der Waals surface area contributed by atoms with Crippen LogP contribution in [0.25, 0.3) is 11.4 Å². The molecule has 1 heterocycles. The Morgan fingerprint density at radius 1 is 0.964 bits per heavy atom. The van der Waals surface area contributed by atoms with Crippen LogP contribution in [0, 0.1) is 0 Å². The molecule has 0 aliphatic carbocycles. The van der Waals surface area contributed by atoms with Gasteiger partial charge in [0.15, 0.2) is 5.82 Å². The summed E-state index contributed by atoms with van der Waals surface area (Å²) >= 11 is 0. The van der Waals surface area contributed by atoms with Crippen molar-refractivity contribution in [3.8, 4) is 23.0 Å². The van der Waals surface area contributed by atoms with Gasteiger partial charge in [0.05, 0.1) is 6.61 Å². The molecule has 0 unspecified atom stereocenters. The molecule has 0 bridgehead atoms. The van der Waals surface area contributed by atoms with E-state index in [1.54, 1.807) is 6.92 Å². The molecular formula is C22H23N3O3. The van der Waals surface area contributed by atoms with Crippen LogP contribution >= 0.6 is 0 Å². The van der Waals surface area contributed by atoms with Crippen LogP contribution in [0.15, 0.2) is 54.6 Å². The van der Waals surface area contributed by atoms with Gasteiger partial charge in [-0.25, -0.2) is 4.79 Å². The second-order valence-corrected chi connectivity index (χ2v) is 7.25. The standard InChI is InChI=1S/C22H23N3O3/c1-5-27-21(26)18-20(23-19(25-24-18)15-9-7-6-8-10-15)28-17-13-11-16(12-14-17)22(2,3)4/h6-14H,5H2,1-4H3. The lowest BCUT2D eigenvalue weighted by atomic mass is 9.87. The first-order valence-corrected chi connectivity index (χ1v) is 9.14. The van der Waals surface area contributed by atoms with Gasteiger partial charge in [-0.3, -0.25) is 0 Å². The first-order chi connectivity index (χ1) is 13.4. The highest BCUT2D eigenvalue weighted by molar-refractivity contribution is 5.89. The molecule has 2 aromatic carbocycles. The summed E-state index contributed by atoms with van der Waals surface area (Å²) < 4.78 is 10.9. The number of carbonyl (C=O) groups excluding carboxylic acids is 1. The molecule has 3 rings (SSSR count). The van der Waals surface area contributed by atoms with E-state index in [1.165, 1.54) is 5.56 Å². The Morgan fingerprint density at radius 2 is 1.64 bits per heavy atom. The van der Waals surface area contributed by atoms with Gasteiger partial charge in [-0.1, -0.05) is 63.2 Å². The van der Waals surface area contributed by atoms with Crippen molar-refractivity contribution < 1.29 is 14.3 Å². The van der Waals surface area contributed by atoms with Crippen molar-refractivity contribution in [3.05, 3.63) is 65.9 Å². The molecule has 0 saturated carbocycles. The topological polar surface area (TPSA) is 74.2 Å². The third kappa shape index (κ3) is 4.52. The van der Waals surface area contributed by atoms with Crippen LogP contribution in [0.1, 0.15) is 43.7 Å². The fourth-order valence-corrected chi connectivity index (χ4v) is 2.55. The fourth-order valence-electron chi connectivity index (χ4n) is 2.55. The van der Waals surface area contributed by atoms with Gasteiger partial charge in [0.1, 0.15) is 5.75 Å². The molecule has 0 amide bonds. The number of aromatic nitrogens is 3. The van der Waals surface area contributed by atoms with Gasteiger partial charge in [0.2, 0.25) is 5.69 Å². The second-order valence-electron chi connectivity index (χ2n) is 7.25. The predicted molar refractivity (Wildman–Crippen MR) is 106 cm³/mol. The number of hydrogen-bond donors (Lipinski definition) is 0. The van der Waals surface area contributed by atoms with Crippen LogP contribution < -0.4 is 4.74 Å². The van der Waals surface area contributed by atoms with Crippen molar-refractivity contribution in [2.75, 3.05) is 6.61 Å². The predicted octanol–water partition coefficient (Wildman–Crippen LogP) is 4.81. The minimum absolute atomic E-state index is 0.0333. The molecule has 0 atom stereocenters. The molecule has 6 nitrogen and oxygen atoms in total. The third-order valence-electron chi connectivity index (χ3n) is 4.09. The lowest BCUT2D eigenvalue weighted by Crippen LogP contribution is -2.12. The van der Waals surface area contributed by atoms with Gasteiger partial charge in [-0.05, 0) is 30.0 Å². The van der Waals surface area contributed by atoms with E-state index in [0.717, 1.165) is 5.56 Å². The number of carbonyl (C=O) groups is 1. The van der Waals surface area contributed by atoms with Crippen molar-refractivity contribution in [2.24, 2.45) is 0 Å². The molecule has 144 valence electrons. The smallest absolute Gasteiger partial charge is 0.364 e. The summed E-state index contributed by atoms with van der Waals surface area (Å²) in [6.07, 6.45) is 0. The second kappa shape index (κ2) is 8.17. The quantitative estimate of drug-likeness (QED) is 0.594. The summed E-state index contributed by atoms with van der Waals surface area (Å²) in [6.45, 7) is 8.37. The van der Waals surface area contributed by atoms with Gasteiger partial charge in [-0.2, -0.15) is 4.98 Å². The molecule has 3 aromatic rings. The number of nitrogens with zero attached hydrogens (tertiary/aromatic N) is 3. The van der Waals surface area contributed by atoms with Crippen molar-refractivity contribution >= 4 is 5.97 Å². The zero-order valence-corrected chi connectivity index (χ0v) is 16.5. The van der Waals surface area contributed by atoms with Gasteiger partial charge in [-0.15, -0.1) is 10.2 Å². The molecule has 0 fully saturated rings. The van der Waals surface area contributed by atoms with Crippen LogP contribution in [0.5, 0.6) is 11.6 Å². The van der Waals surface area contributed by atoms with Crippen LogP contribution in [0.3, 0.4) is 0 Å². The molecule has 0 aliphatic rings. The number of hydrogen-bond acceptors (Lipinski definition) is 6. The van der Waals surface area contributed by atoms with Crippen LogP contribution in [0.2, 0.25) is 0 Å². The number of rotatable bonds is 5. The number of benzene rings is 2. The Morgan fingerprint density at radius 3 is 2.25 bits per heavy atom. The number of ether oxygens (including phenoxy) is 2. The molecule has 28 heavy (non-hydrogen) atoms. The Kier molecular flexibility index (Phi) is 5.68. The minimum atomic E-state index is -0.622. The highest BCUT2D eigenvalue weighted by Gasteiger charge is 2.21. The van der Waals surface area contributed by atoms with E-state index < -0.39 is 5.97 Å². The van der Waals surface area contributed by atoms with E-state index in [-0.39, 0.29) is 23.6 Å². The first kappa shape index (κ1) is 19.5. The summed E-state index contributed by atoms with van der Waals surface area (Å²) in [5.74, 6) is 0.368. The lowest BCUT2D eigenvalue weighted by Gasteiger charge is -2.19.